The molecule has 0 spiro atoms. The van der Waals surface area contributed by atoms with E-state index in [4.69, 9.17) is 4.55 Å². The first kappa shape index (κ1) is 9.82. The van der Waals surface area contributed by atoms with Crippen molar-refractivity contribution in [3.8, 4) is 0 Å². The third-order valence-electron chi connectivity index (χ3n) is 1.29. The van der Waals surface area contributed by atoms with Crippen LogP contribution >= 0.6 is 0 Å². The Hall–Kier alpha value is -1.27. The van der Waals surface area contributed by atoms with Crippen LogP contribution in [0.4, 0.5) is 4.39 Å². The Morgan fingerprint density at radius 1 is 1.38 bits per heavy atom. The van der Waals surface area contributed by atoms with Gasteiger partial charge in [-0.3, -0.25) is 9.35 Å². The maximum absolute atomic E-state index is 12.4. The Labute approximate surface area is 76.2 Å². The Kier molecular flexibility index (Phi) is 3.10. The first-order chi connectivity index (χ1) is 6.09. The van der Waals surface area contributed by atoms with E-state index >= 15 is 0 Å². The molecule has 70 valence electrons. The summed E-state index contributed by atoms with van der Waals surface area (Å²) in [6.07, 6.45) is 0. The molecule has 0 aliphatic carbocycles. The number of halogens is 1. The van der Waals surface area contributed by atoms with Gasteiger partial charge in [0.15, 0.2) is 0 Å². The zero-order valence-corrected chi connectivity index (χ0v) is 7.18. The molecule has 1 aromatic rings. The van der Waals surface area contributed by atoms with E-state index in [0.717, 1.165) is 12.1 Å². The molecule has 1 unspecified atom stereocenters. The fourth-order valence-electron chi connectivity index (χ4n) is 0.739. The summed E-state index contributed by atoms with van der Waals surface area (Å²) in [7, 11) is 0. The van der Waals surface area contributed by atoms with Gasteiger partial charge in [0.25, 0.3) is 17.2 Å². The van der Waals surface area contributed by atoms with Crippen molar-refractivity contribution in [3.63, 3.8) is 0 Å². The van der Waals surface area contributed by atoms with Crippen molar-refractivity contribution in [2.45, 2.75) is 0 Å². The standard InChI is InChI=1S/C7H6FNO3S/c8-6-3-1-5(2-4-6)7(10)9-13(11)12/h1-4H,(H,9,10)(H,11,12). The normalized spacial score (nSPS) is 12.2. The van der Waals surface area contributed by atoms with Crippen molar-refractivity contribution >= 4 is 17.2 Å². The van der Waals surface area contributed by atoms with E-state index in [1.807, 2.05) is 0 Å². The van der Waals surface area contributed by atoms with Gasteiger partial charge in [-0.2, -0.15) is 0 Å². The predicted molar refractivity (Wildman–Crippen MR) is 44.6 cm³/mol. The largest absolute Gasteiger partial charge is 0.289 e. The average Bonchev–Trinajstić information content (AvgIpc) is 2.04. The van der Waals surface area contributed by atoms with E-state index in [1.165, 1.54) is 12.1 Å². The molecule has 1 atom stereocenters. The van der Waals surface area contributed by atoms with Gasteiger partial charge >= 0.3 is 0 Å². The number of nitrogens with one attached hydrogen (secondary N) is 1. The second kappa shape index (κ2) is 4.11. The molecule has 0 saturated heterocycles. The van der Waals surface area contributed by atoms with E-state index in [0.29, 0.717) is 0 Å². The molecule has 1 aromatic carbocycles. The van der Waals surface area contributed by atoms with Gasteiger partial charge < -0.3 is 0 Å². The van der Waals surface area contributed by atoms with E-state index in [-0.39, 0.29) is 5.56 Å². The molecule has 2 N–H and O–H groups in total. The molecule has 4 nitrogen and oxygen atoms in total. The third kappa shape index (κ3) is 2.92. The highest BCUT2D eigenvalue weighted by Crippen LogP contribution is 2.02. The molecule has 0 saturated carbocycles. The molecule has 0 aliphatic rings. The van der Waals surface area contributed by atoms with Gasteiger partial charge in [0.2, 0.25) is 0 Å². The van der Waals surface area contributed by atoms with Crippen LogP contribution in [0.15, 0.2) is 24.3 Å². The van der Waals surface area contributed by atoms with Crippen LogP contribution in [0.2, 0.25) is 0 Å². The minimum absolute atomic E-state index is 0.129. The number of benzene rings is 1. The van der Waals surface area contributed by atoms with E-state index in [1.54, 1.807) is 4.72 Å². The van der Waals surface area contributed by atoms with Crippen LogP contribution in [-0.2, 0) is 11.3 Å². The van der Waals surface area contributed by atoms with Gasteiger partial charge in [0.1, 0.15) is 5.82 Å². The van der Waals surface area contributed by atoms with Crippen LogP contribution in [0.3, 0.4) is 0 Å². The maximum atomic E-state index is 12.4. The molecule has 0 radical (unpaired) electrons. The highest BCUT2D eigenvalue weighted by Gasteiger charge is 2.06. The predicted octanol–water partition coefficient (Wildman–Crippen LogP) is 0.692. The van der Waals surface area contributed by atoms with Crippen molar-refractivity contribution < 1.29 is 17.9 Å². The van der Waals surface area contributed by atoms with Gasteiger partial charge in [0, 0.05) is 5.56 Å². The lowest BCUT2D eigenvalue weighted by atomic mass is 10.2. The van der Waals surface area contributed by atoms with E-state index in [2.05, 4.69) is 0 Å². The van der Waals surface area contributed by atoms with Crippen LogP contribution in [-0.4, -0.2) is 14.7 Å². The van der Waals surface area contributed by atoms with Crippen molar-refractivity contribution in [2.75, 3.05) is 0 Å². The van der Waals surface area contributed by atoms with Crippen LogP contribution in [0.25, 0.3) is 0 Å². The van der Waals surface area contributed by atoms with Crippen molar-refractivity contribution in [1.82, 2.24) is 4.72 Å². The summed E-state index contributed by atoms with van der Waals surface area (Å²) < 4.78 is 32.6. The van der Waals surface area contributed by atoms with Crippen molar-refractivity contribution in [2.24, 2.45) is 0 Å². The molecule has 0 heterocycles. The lowest BCUT2D eigenvalue weighted by Gasteiger charge is -1.99. The lowest BCUT2D eigenvalue weighted by molar-refractivity contribution is 0.0981. The summed E-state index contributed by atoms with van der Waals surface area (Å²) in [4.78, 5) is 11.0. The third-order valence-corrected chi connectivity index (χ3v) is 1.65. The summed E-state index contributed by atoms with van der Waals surface area (Å²) in [5.41, 5.74) is 0.129. The monoisotopic (exact) mass is 203 g/mol. The van der Waals surface area contributed by atoms with Crippen LogP contribution < -0.4 is 4.72 Å². The number of hydrogen-bond acceptors (Lipinski definition) is 2. The molecular formula is C7H6FNO3S. The number of amides is 1. The summed E-state index contributed by atoms with van der Waals surface area (Å²) >= 11 is -2.39. The summed E-state index contributed by atoms with van der Waals surface area (Å²) in [5, 5.41) is 0. The molecule has 0 fully saturated rings. The topological polar surface area (TPSA) is 66.4 Å². The molecule has 0 bridgehead atoms. The van der Waals surface area contributed by atoms with Gasteiger partial charge in [-0.05, 0) is 24.3 Å². The minimum Gasteiger partial charge on any atom is -0.289 e. The number of carbonyl (C=O) groups excluding carboxylic acids is 1. The zero-order chi connectivity index (χ0) is 9.84. The Morgan fingerprint density at radius 3 is 2.38 bits per heavy atom. The van der Waals surface area contributed by atoms with Crippen LogP contribution in [0, 0.1) is 5.82 Å². The first-order valence-electron chi connectivity index (χ1n) is 3.27. The summed E-state index contributed by atoms with van der Waals surface area (Å²) in [6.45, 7) is 0. The Bertz CT molecular complexity index is 338. The molecule has 1 rings (SSSR count). The highest BCUT2D eigenvalue weighted by molar-refractivity contribution is 7.77. The molecule has 0 aromatic heterocycles. The van der Waals surface area contributed by atoms with E-state index < -0.39 is 23.0 Å². The van der Waals surface area contributed by atoms with Crippen LogP contribution in [0.1, 0.15) is 10.4 Å². The lowest BCUT2D eigenvalue weighted by Crippen LogP contribution is -2.24. The van der Waals surface area contributed by atoms with Gasteiger partial charge in [-0.25, -0.2) is 13.3 Å². The highest BCUT2D eigenvalue weighted by atomic mass is 32.2. The van der Waals surface area contributed by atoms with Crippen molar-refractivity contribution in [3.05, 3.63) is 35.6 Å². The van der Waals surface area contributed by atoms with Crippen molar-refractivity contribution in [1.29, 1.82) is 0 Å². The molecule has 13 heavy (non-hydrogen) atoms. The van der Waals surface area contributed by atoms with Gasteiger partial charge in [-0.15, -0.1) is 0 Å². The smallest absolute Gasteiger partial charge is 0.264 e. The zero-order valence-electron chi connectivity index (χ0n) is 6.36. The molecule has 0 aliphatic heterocycles. The fraction of sp³-hybridized carbons (Fsp3) is 0. The summed E-state index contributed by atoms with van der Waals surface area (Å²) in [6, 6.07) is 4.62. The minimum atomic E-state index is -2.39. The maximum Gasteiger partial charge on any atom is 0.264 e. The number of hydrogen-bond donors (Lipinski definition) is 2. The average molecular weight is 203 g/mol. The SMILES string of the molecule is O=C(NS(=O)O)c1ccc(F)cc1. The second-order valence-corrected chi connectivity index (χ2v) is 2.89. The fourth-order valence-corrected chi connectivity index (χ4v) is 1.02. The second-order valence-electron chi connectivity index (χ2n) is 2.19. The number of rotatable bonds is 2. The van der Waals surface area contributed by atoms with E-state index in [9.17, 15) is 13.4 Å². The van der Waals surface area contributed by atoms with Gasteiger partial charge in [0.05, 0.1) is 0 Å². The quantitative estimate of drug-likeness (QED) is 0.695. The summed E-state index contributed by atoms with van der Waals surface area (Å²) in [5.74, 6) is -1.19. The molecular weight excluding hydrogens is 197 g/mol. The Balaban J connectivity index is 2.78. The molecule has 6 heteroatoms. The molecule has 1 amide bonds. The Morgan fingerprint density at radius 2 is 1.92 bits per heavy atom. The number of carbonyl (C=O) groups is 1. The van der Waals surface area contributed by atoms with Gasteiger partial charge in [-0.1, -0.05) is 0 Å². The first-order valence-corrected chi connectivity index (χ1v) is 4.37. The van der Waals surface area contributed by atoms with Crippen LogP contribution in [0.5, 0.6) is 0 Å².